The van der Waals surface area contributed by atoms with Crippen molar-refractivity contribution >= 4 is 11.8 Å². The minimum absolute atomic E-state index is 0.0544. The van der Waals surface area contributed by atoms with Gasteiger partial charge in [-0.2, -0.15) is 0 Å². The standard InChI is InChI=1S/C28H29N3O3/c1-21-12-14-23(15-13-21)27(32)31(19-24-11-8-18-33-24)20-25-26(22-9-4-2-5-10-22)29-34-28(25)30-16-6-3-7-17-30/h2,4-5,8-15,18H,3,6-7,16-17,19-20H2,1H3. The van der Waals surface area contributed by atoms with E-state index in [2.05, 4.69) is 10.1 Å². The van der Waals surface area contributed by atoms with E-state index in [1.807, 2.05) is 78.6 Å². The van der Waals surface area contributed by atoms with Crippen LogP contribution in [0.2, 0.25) is 0 Å². The highest BCUT2D eigenvalue weighted by molar-refractivity contribution is 5.94. The van der Waals surface area contributed by atoms with Crippen LogP contribution in [0, 0.1) is 6.92 Å². The molecule has 1 fully saturated rings. The fraction of sp³-hybridized carbons (Fsp3) is 0.286. The lowest BCUT2D eigenvalue weighted by Gasteiger charge is -2.28. The lowest BCUT2D eigenvalue weighted by Crippen LogP contribution is -2.33. The molecule has 2 aromatic heterocycles. The van der Waals surface area contributed by atoms with Gasteiger partial charge in [-0.05, 0) is 50.5 Å². The monoisotopic (exact) mass is 455 g/mol. The Kier molecular flexibility index (Phi) is 6.47. The van der Waals surface area contributed by atoms with Crippen LogP contribution in [0.4, 0.5) is 5.88 Å². The quantitative estimate of drug-likeness (QED) is 0.338. The Labute approximate surface area is 199 Å². The minimum atomic E-state index is -0.0544. The number of nitrogens with zero attached hydrogens (tertiary/aromatic N) is 3. The SMILES string of the molecule is Cc1ccc(C(=O)N(Cc2ccco2)Cc2c(-c3ccccc3)noc2N2CCCCC2)cc1. The van der Waals surface area contributed by atoms with Gasteiger partial charge in [0.05, 0.1) is 24.9 Å². The molecule has 3 heterocycles. The number of benzene rings is 2. The molecule has 1 amide bonds. The van der Waals surface area contributed by atoms with Gasteiger partial charge in [0.1, 0.15) is 11.5 Å². The predicted molar refractivity (Wildman–Crippen MR) is 131 cm³/mol. The normalized spacial score (nSPS) is 13.7. The van der Waals surface area contributed by atoms with Crippen molar-refractivity contribution in [1.29, 1.82) is 0 Å². The van der Waals surface area contributed by atoms with Gasteiger partial charge in [-0.25, -0.2) is 0 Å². The Balaban J connectivity index is 1.54. The Hall–Kier alpha value is -3.80. The second-order valence-corrected chi connectivity index (χ2v) is 8.84. The number of aromatic nitrogens is 1. The van der Waals surface area contributed by atoms with E-state index in [-0.39, 0.29) is 5.91 Å². The number of hydrogen-bond donors (Lipinski definition) is 0. The smallest absolute Gasteiger partial charge is 0.254 e. The molecule has 0 saturated carbocycles. The van der Waals surface area contributed by atoms with Crippen LogP contribution >= 0.6 is 0 Å². The lowest BCUT2D eigenvalue weighted by molar-refractivity contribution is 0.0718. The topological polar surface area (TPSA) is 62.7 Å². The summed E-state index contributed by atoms with van der Waals surface area (Å²) < 4.78 is 11.5. The number of rotatable bonds is 7. The maximum atomic E-state index is 13.7. The van der Waals surface area contributed by atoms with Crippen LogP contribution in [-0.2, 0) is 13.1 Å². The van der Waals surface area contributed by atoms with Crippen LogP contribution in [0.5, 0.6) is 0 Å². The Bertz CT molecular complexity index is 1210. The zero-order valence-corrected chi connectivity index (χ0v) is 19.4. The Morgan fingerprint density at radius 3 is 2.41 bits per heavy atom. The Morgan fingerprint density at radius 1 is 0.941 bits per heavy atom. The van der Waals surface area contributed by atoms with Gasteiger partial charge < -0.3 is 18.7 Å². The molecule has 1 saturated heterocycles. The van der Waals surface area contributed by atoms with Crippen LogP contribution in [0.1, 0.15) is 46.5 Å². The minimum Gasteiger partial charge on any atom is -0.467 e. The molecule has 34 heavy (non-hydrogen) atoms. The summed E-state index contributed by atoms with van der Waals surface area (Å²) in [5.41, 5.74) is 4.45. The second-order valence-electron chi connectivity index (χ2n) is 8.84. The van der Waals surface area contributed by atoms with Gasteiger partial charge in [0, 0.05) is 24.2 Å². The van der Waals surface area contributed by atoms with Gasteiger partial charge >= 0.3 is 0 Å². The molecule has 1 aliphatic rings. The average molecular weight is 456 g/mol. The van der Waals surface area contributed by atoms with Crippen LogP contribution in [0.3, 0.4) is 0 Å². The van der Waals surface area contributed by atoms with Crippen LogP contribution < -0.4 is 4.90 Å². The molecule has 0 radical (unpaired) electrons. The largest absolute Gasteiger partial charge is 0.467 e. The predicted octanol–water partition coefficient (Wildman–Crippen LogP) is 6.08. The first kappa shape index (κ1) is 22.0. The number of hydrogen-bond acceptors (Lipinski definition) is 5. The van der Waals surface area contributed by atoms with E-state index in [1.54, 1.807) is 6.26 Å². The van der Waals surface area contributed by atoms with E-state index in [0.29, 0.717) is 18.7 Å². The van der Waals surface area contributed by atoms with E-state index in [4.69, 9.17) is 8.94 Å². The van der Waals surface area contributed by atoms with Crippen LogP contribution in [0.25, 0.3) is 11.3 Å². The fourth-order valence-electron chi connectivity index (χ4n) is 4.47. The molecule has 6 heteroatoms. The summed E-state index contributed by atoms with van der Waals surface area (Å²) >= 11 is 0. The number of amides is 1. The summed E-state index contributed by atoms with van der Waals surface area (Å²) in [6.45, 7) is 4.61. The fourth-order valence-corrected chi connectivity index (χ4v) is 4.47. The molecule has 0 atom stereocenters. The highest BCUT2D eigenvalue weighted by Gasteiger charge is 2.28. The first-order chi connectivity index (χ1) is 16.7. The Morgan fingerprint density at radius 2 is 1.71 bits per heavy atom. The molecule has 174 valence electrons. The highest BCUT2D eigenvalue weighted by atomic mass is 16.5. The van der Waals surface area contributed by atoms with Crippen molar-refractivity contribution in [2.45, 2.75) is 39.3 Å². The molecule has 0 aliphatic carbocycles. The van der Waals surface area contributed by atoms with Gasteiger partial charge in [-0.15, -0.1) is 0 Å². The summed E-state index contributed by atoms with van der Waals surface area (Å²) in [6, 6.07) is 21.5. The third-order valence-corrected chi connectivity index (χ3v) is 6.32. The van der Waals surface area contributed by atoms with Crippen molar-refractivity contribution in [2.75, 3.05) is 18.0 Å². The number of aryl methyl sites for hydroxylation is 1. The van der Waals surface area contributed by atoms with Crippen LogP contribution in [0.15, 0.2) is 81.9 Å². The zero-order chi connectivity index (χ0) is 23.3. The van der Waals surface area contributed by atoms with E-state index >= 15 is 0 Å². The summed E-state index contributed by atoms with van der Waals surface area (Å²) in [4.78, 5) is 17.7. The second kappa shape index (κ2) is 10.00. The molecule has 5 rings (SSSR count). The molecule has 6 nitrogen and oxygen atoms in total. The van der Waals surface area contributed by atoms with Gasteiger partial charge in [-0.1, -0.05) is 53.2 Å². The summed E-state index contributed by atoms with van der Waals surface area (Å²) in [7, 11) is 0. The molecular formula is C28H29N3O3. The average Bonchev–Trinajstić information content (AvgIpc) is 3.55. The maximum absolute atomic E-state index is 13.7. The molecule has 0 unspecified atom stereocenters. The zero-order valence-electron chi connectivity index (χ0n) is 19.4. The lowest BCUT2D eigenvalue weighted by atomic mass is 10.0. The van der Waals surface area contributed by atoms with Crippen molar-refractivity contribution in [1.82, 2.24) is 10.1 Å². The molecule has 0 spiro atoms. The first-order valence-corrected chi connectivity index (χ1v) is 11.9. The third-order valence-electron chi connectivity index (χ3n) is 6.32. The van der Waals surface area contributed by atoms with E-state index in [9.17, 15) is 4.79 Å². The summed E-state index contributed by atoms with van der Waals surface area (Å²) in [5.74, 6) is 1.44. The first-order valence-electron chi connectivity index (χ1n) is 11.9. The summed E-state index contributed by atoms with van der Waals surface area (Å²) in [5, 5.41) is 4.48. The van der Waals surface area contributed by atoms with E-state index in [1.165, 1.54) is 6.42 Å². The number of anilines is 1. The number of carbonyl (C=O) groups excluding carboxylic acids is 1. The molecule has 2 aromatic carbocycles. The maximum Gasteiger partial charge on any atom is 0.254 e. The van der Waals surface area contributed by atoms with Crippen molar-refractivity contribution in [2.24, 2.45) is 0 Å². The molecule has 1 aliphatic heterocycles. The number of carbonyl (C=O) groups is 1. The highest BCUT2D eigenvalue weighted by Crippen LogP contribution is 2.34. The van der Waals surface area contributed by atoms with E-state index < -0.39 is 0 Å². The van der Waals surface area contributed by atoms with Gasteiger partial charge in [0.15, 0.2) is 0 Å². The van der Waals surface area contributed by atoms with Crippen molar-refractivity contribution < 1.29 is 13.7 Å². The van der Waals surface area contributed by atoms with Crippen molar-refractivity contribution in [3.63, 3.8) is 0 Å². The third kappa shape index (κ3) is 4.76. The van der Waals surface area contributed by atoms with E-state index in [0.717, 1.165) is 60.0 Å². The van der Waals surface area contributed by atoms with Crippen LogP contribution in [-0.4, -0.2) is 29.1 Å². The molecule has 0 bridgehead atoms. The van der Waals surface area contributed by atoms with Gasteiger partial charge in [0.25, 0.3) is 5.91 Å². The summed E-state index contributed by atoms with van der Waals surface area (Å²) in [6.07, 6.45) is 5.11. The van der Waals surface area contributed by atoms with Gasteiger partial charge in [0.2, 0.25) is 5.88 Å². The van der Waals surface area contributed by atoms with Crippen molar-refractivity contribution in [3.05, 3.63) is 95.4 Å². The molecule has 0 N–H and O–H groups in total. The van der Waals surface area contributed by atoms with Crippen molar-refractivity contribution in [3.8, 4) is 11.3 Å². The van der Waals surface area contributed by atoms with Gasteiger partial charge in [-0.3, -0.25) is 4.79 Å². The number of piperidine rings is 1. The molecular weight excluding hydrogens is 426 g/mol. The number of furan rings is 1. The molecule has 4 aromatic rings.